The molecule has 0 aromatic heterocycles. The number of hydrogen-bond acceptors (Lipinski definition) is 4. The Kier molecular flexibility index (Phi) is 6.76. The maximum atomic E-state index is 6.37. The lowest BCUT2D eigenvalue weighted by Gasteiger charge is -2.16. The van der Waals surface area contributed by atoms with Gasteiger partial charge in [0.15, 0.2) is 11.5 Å². The number of rotatable bonds is 8. The van der Waals surface area contributed by atoms with Gasteiger partial charge in [0, 0.05) is 24.2 Å². The highest BCUT2D eigenvalue weighted by molar-refractivity contribution is 6.31. The summed E-state index contributed by atoms with van der Waals surface area (Å²) in [5.41, 5.74) is 2.15. The third-order valence-electron chi connectivity index (χ3n) is 3.50. The first-order chi connectivity index (χ1) is 11.5. The molecular formula is C19H24ClNO3. The highest BCUT2D eigenvalue weighted by Gasteiger charge is 2.11. The summed E-state index contributed by atoms with van der Waals surface area (Å²) in [6.45, 7) is 5.32. The van der Waals surface area contributed by atoms with E-state index in [0.29, 0.717) is 23.1 Å². The van der Waals surface area contributed by atoms with Crippen molar-refractivity contribution in [3.63, 3.8) is 0 Å². The Balaban J connectivity index is 2.00. The van der Waals surface area contributed by atoms with Crippen molar-refractivity contribution in [3.05, 3.63) is 52.5 Å². The van der Waals surface area contributed by atoms with E-state index in [2.05, 4.69) is 5.32 Å². The van der Waals surface area contributed by atoms with Crippen LogP contribution < -0.4 is 19.5 Å². The minimum absolute atomic E-state index is 0.0639. The number of benzene rings is 2. The van der Waals surface area contributed by atoms with E-state index in [9.17, 15) is 0 Å². The Morgan fingerprint density at radius 2 is 1.67 bits per heavy atom. The Labute approximate surface area is 148 Å². The van der Waals surface area contributed by atoms with Crippen molar-refractivity contribution in [2.75, 3.05) is 14.2 Å². The van der Waals surface area contributed by atoms with Gasteiger partial charge in [-0.15, -0.1) is 0 Å². The summed E-state index contributed by atoms with van der Waals surface area (Å²) in [7, 11) is 3.29. The fourth-order valence-electron chi connectivity index (χ4n) is 2.30. The van der Waals surface area contributed by atoms with Crippen LogP contribution in [0.5, 0.6) is 17.2 Å². The number of halogens is 1. The van der Waals surface area contributed by atoms with Gasteiger partial charge in [-0.25, -0.2) is 0 Å². The largest absolute Gasteiger partial charge is 0.497 e. The maximum absolute atomic E-state index is 6.37. The molecular weight excluding hydrogens is 326 g/mol. The van der Waals surface area contributed by atoms with Crippen LogP contribution >= 0.6 is 11.6 Å². The molecule has 5 heteroatoms. The number of methoxy groups -OCH3 is 2. The van der Waals surface area contributed by atoms with Crippen molar-refractivity contribution < 1.29 is 14.2 Å². The molecule has 2 aromatic carbocycles. The molecule has 0 fully saturated rings. The molecule has 0 unspecified atom stereocenters. The molecule has 0 aliphatic rings. The fraction of sp³-hybridized carbons (Fsp3) is 0.368. The molecule has 2 aromatic rings. The van der Waals surface area contributed by atoms with Crippen LogP contribution in [0.3, 0.4) is 0 Å². The van der Waals surface area contributed by atoms with Gasteiger partial charge in [-0.3, -0.25) is 0 Å². The Morgan fingerprint density at radius 3 is 2.25 bits per heavy atom. The van der Waals surface area contributed by atoms with Crippen LogP contribution in [0.1, 0.15) is 25.0 Å². The predicted octanol–water partition coefficient (Wildman–Crippen LogP) is 4.43. The summed E-state index contributed by atoms with van der Waals surface area (Å²) in [6.07, 6.45) is 0.0639. The Bertz CT molecular complexity index is 656. The molecule has 1 N–H and O–H groups in total. The van der Waals surface area contributed by atoms with E-state index in [1.165, 1.54) is 5.56 Å². The monoisotopic (exact) mass is 349 g/mol. The van der Waals surface area contributed by atoms with E-state index in [1.807, 2.05) is 50.2 Å². The zero-order valence-corrected chi connectivity index (χ0v) is 15.3. The molecule has 130 valence electrons. The van der Waals surface area contributed by atoms with E-state index in [4.69, 9.17) is 25.8 Å². The summed E-state index contributed by atoms with van der Waals surface area (Å²) in [6, 6.07) is 11.7. The summed E-state index contributed by atoms with van der Waals surface area (Å²) >= 11 is 6.37. The van der Waals surface area contributed by atoms with Crippen LogP contribution in [0.25, 0.3) is 0 Å². The summed E-state index contributed by atoms with van der Waals surface area (Å²) < 4.78 is 16.3. The van der Waals surface area contributed by atoms with Crippen molar-refractivity contribution in [2.24, 2.45) is 0 Å². The topological polar surface area (TPSA) is 39.7 Å². The van der Waals surface area contributed by atoms with Crippen LogP contribution in [0.15, 0.2) is 36.4 Å². The quantitative estimate of drug-likeness (QED) is 0.765. The highest BCUT2D eigenvalue weighted by Crippen LogP contribution is 2.34. The first kappa shape index (κ1) is 18.4. The SMILES string of the molecule is COc1ccc(CNCc2cc(OC)c(OC(C)C)cc2Cl)cc1. The van der Waals surface area contributed by atoms with Crippen LogP contribution in [0.4, 0.5) is 0 Å². The van der Waals surface area contributed by atoms with Crippen LogP contribution in [-0.4, -0.2) is 20.3 Å². The van der Waals surface area contributed by atoms with Crippen LogP contribution in [0, 0.1) is 0 Å². The standard InChI is InChI=1S/C19H24ClNO3/c1-13(2)24-19-10-17(20)15(9-18(19)23-4)12-21-11-14-5-7-16(22-3)8-6-14/h5-10,13,21H,11-12H2,1-4H3. The molecule has 0 saturated heterocycles. The third-order valence-corrected chi connectivity index (χ3v) is 3.85. The lowest BCUT2D eigenvalue weighted by atomic mass is 10.1. The summed E-state index contributed by atoms with van der Waals surface area (Å²) in [4.78, 5) is 0. The second kappa shape index (κ2) is 8.81. The molecule has 0 aliphatic heterocycles. The first-order valence-corrected chi connectivity index (χ1v) is 8.28. The van der Waals surface area contributed by atoms with Gasteiger partial charge in [-0.05, 0) is 43.2 Å². The molecule has 0 atom stereocenters. The minimum Gasteiger partial charge on any atom is -0.497 e. The van der Waals surface area contributed by atoms with Gasteiger partial charge in [0.1, 0.15) is 5.75 Å². The molecule has 0 radical (unpaired) electrons. The van der Waals surface area contributed by atoms with Gasteiger partial charge in [0.05, 0.1) is 20.3 Å². The zero-order valence-electron chi connectivity index (χ0n) is 14.6. The molecule has 0 aliphatic carbocycles. The summed E-state index contributed by atoms with van der Waals surface area (Å²) in [5, 5.41) is 4.05. The normalized spacial score (nSPS) is 10.8. The van der Waals surface area contributed by atoms with Gasteiger partial charge in [0.25, 0.3) is 0 Å². The molecule has 24 heavy (non-hydrogen) atoms. The molecule has 2 rings (SSSR count). The second-order valence-corrected chi connectivity index (χ2v) is 6.12. The van der Waals surface area contributed by atoms with Gasteiger partial charge in [0.2, 0.25) is 0 Å². The van der Waals surface area contributed by atoms with Crippen molar-refractivity contribution in [1.82, 2.24) is 5.32 Å². The van der Waals surface area contributed by atoms with Gasteiger partial charge in [-0.2, -0.15) is 0 Å². The average molecular weight is 350 g/mol. The second-order valence-electron chi connectivity index (χ2n) is 5.71. The van der Waals surface area contributed by atoms with Crippen molar-refractivity contribution in [3.8, 4) is 17.2 Å². The molecule has 0 saturated carbocycles. The smallest absolute Gasteiger partial charge is 0.163 e. The summed E-state index contributed by atoms with van der Waals surface area (Å²) in [5.74, 6) is 2.21. The van der Waals surface area contributed by atoms with Crippen molar-refractivity contribution in [2.45, 2.75) is 33.0 Å². The molecule has 0 bridgehead atoms. The van der Waals surface area contributed by atoms with Crippen LogP contribution in [0.2, 0.25) is 5.02 Å². The number of hydrogen-bond donors (Lipinski definition) is 1. The van der Waals surface area contributed by atoms with Gasteiger partial charge >= 0.3 is 0 Å². The van der Waals surface area contributed by atoms with E-state index >= 15 is 0 Å². The highest BCUT2D eigenvalue weighted by atomic mass is 35.5. The van der Waals surface area contributed by atoms with Gasteiger partial charge in [-0.1, -0.05) is 23.7 Å². The molecule has 0 heterocycles. The lowest BCUT2D eigenvalue weighted by molar-refractivity contribution is 0.230. The number of nitrogens with one attached hydrogen (secondary N) is 1. The van der Waals surface area contributed by atoms with Gasteiger partial charge < -0.3 is 19.5 Å². The fourth-order valence-corrected chi connectivity index (χ4v) is 2.52. The first-order valence-electron chi connectivity index (χ1n) is 7.90. The van der Waals surface area contributed by atoms with E-state index < -0.39 is 0 Å². The molecule has 4 nitrogen and oxygen atoms in total. The zero-order chi connectivity index (χ0) is 17.5. The predicted molar refractivity (Wildman–Crippen MR) is 97.3 cm³/mol. The maximum Gasteiger partial charge on any atom is 0.163 e. The molecule has 0 amide bonds. The lowest BCUT2D eigenvalue weighted by Crippen LogP contribution is -2.13. The number of ether oxygens (including phenoxy) is 3. The minimum atomic E-state index is 0.0639. The average Bonchev–Trinajstić information content (AvgIpc) is 2.57. The van der Waals surface area contributed by atoms with E-state index in [1.54, 1.807) is 14.2 Å². The Hall–Kier alpha value is -1.91. The third kappa shape index (κ3) is 5.05. The van der Waals surface area contributed by atoms with E-state index in [0.717, 1.165) is 17.9 Å². The van der Waals surface area contributed by atoms with Crippen LogP contribution in [-0.2, 0) is 13.1 Å². The van der Waals surface area contributed by atoms with Crippen molar-refractivity contribution >= 4 is 11.6 Å². The van der Waals surface area contributed by atoms with Crippen molar-refractivity contribution in [1.29, 1.82) is 0 Å². The molecule has 0 spiro atoms. The van der Waals surface area contributed by atoms with E-state index in [-0.39, 0.29) is 6.10 Å². The Morgan fingerprint density at radius 1 is 0.958 bits per heavy atom.